The fraction of sp³-hybridized carbons (Fsp3) is 0. The quantitative estimate of drug-likeness (QED) is 0.720. The van der Waals surface area contributed by atoms with E-state index in [4.69, 9.17) is 17.3 Å². The molecule has 7 heteroatoms. The molecule has 0 fully saturated rings. The Hall–Kier alpha value is -1.92. The first-order valence-electron chi connectivity index (χ1n) is 5.75. The number of tetrazole rings is 1. The van der Waals surface area contributed by atoms with E-state index >= 15 is 0 Å². The van der Waals surface area contributed by atoms with E-state index in [1.807, 2.05) is 24.3 Å². The van der Waals surface area contributed by atoms with Gasteiger partial charge in [0.25, 0.3) is 0 Å². The van der Waals surface area contributed by atoms with Gasteiger partial charge in [0.05, 0.1) is 10.7 Å². The number of rotatable bonds is 2. The van der Waals surface area contributed by atoms with Gasteiger partial charge in [0, 0.05) is 15.7 Å². The van der Waals surface area contributed by atoms with Crippen LogP contribution >= 0.6 is 27.5 Å². The van der Waals surface area contributed by atoms with Crippen molar-refractivity contribution >= 4 is 33.2 Å². The number of nitrogen functional groups attached to an aromatic ring is 1. The van der Waals surface area contributed by atoms with Crippen LogP contribution in [0.3, 0.4) is 0 Å². The summed E-state index contributed by atoms with van der Waals surface area (Å²) in [6, 6.07) is 12.9. The SMILES string of the molecule is Nc1ccc(-c2nnnn2-c2ccccc2Br)c(Cl)c1. The molecule has 20 heavy (non-hydrogen) atoms. The smallest absolute Gasteiger partial charge is 0.188 e. The zero-order valence-corrected chi connectivity index (χ0v) is 12.5. The molecular formula is C13H9BrClN5. The van der Waals surface area contributed by atoms with Gasteiger partial charge in [-0.05, 0) is 56.7 Å². The lowest BCUT2D eigenvalue weighted by Gasteiger charge is -2.08. The van der Waals surface area contributed by atoms with Gasteiger partial charge in [-0.25, -0.2) is 0 Å². The molecule has 0 spiro atoms. The topological polar surface area (TPSA) is 69.6 Å². The Morgan fingerprint density at radius 2 is 1.95 bits per heavy atom. The van der Waals surface area contributed by atoms with E-state index in [1.54, 1.807) is 22.9 Å². The highest BCUT2D eigenvalue weighted by Crippen LogP contribution is 2.30. The van der Waals surface area contributed by atoms with Gasteiger partial charge in [-0.2, -0.15) is 4.68 Å². The van der Waals surface area contributed by atoms with Crippen LogP contribution in [0, 0.1) is 0 Å². The summed E-state index contributed by atoms with van der Waals surface area (Å²) in [6.07, 6.45) is 0. The van der Waals surface area contributed by atoms with E-state index in [0.29, 0.717) is 16.5 Å². The van der Waals surface area contributed by atoms with E-state index in [1.165, 1.54) is 0 Å². The maximum atomic E-state index is 6.22. The molecule has 5 nitrogen and oxygen atoms in total. The molecule has 1 heterocycles. The highest BCUT2D eigenvalue weighted by atomic mass is 79.9. The molecule has 3 rings (SSSR count). The minimum atomic E-state index is 0.508. The van der Waals surface area contributed by atoms with Gasteiger partial charge in [0.1, 0.15) is 0 Å². The average Bonchev–Trinajstić information content (AvgIpc) is 2.88. The molecule has 0 unspecified atom stereocenters. The summed E-state index contributed by atoms with van der Waals surface area (Å²) in [6.45, 7) is 0. The third-order valence-corrected chi connectivity index (χ3v) is 3.77. The minimum Gasteiger partial charge on any atom is -0.399 e. The molecule has 0 radical (unpaired) electrons. The summed E-state index contributed by atoms with van der Waals surface area (Å²) < 4.78 is 2.52. The number of benzene rings is 2. The van der Waals surface area contributed by atoms with Gasteiger partial charge in [0.15, 0.2) is 5.82 Å². The Morgan fingerprint density at radius 3 is 2.70 bits per heavy atom. The van der Waals surface area contributed by atoms with Crippen LogP contribution in [0.25, 0.3) is 17.1 Å². The summed E-state index contributed by atoms with van der Waals surface area (Å²) in [5.74, 6) is 0.557. The molecule has 0 saturated carbocycles. The first kappa shape index (κ1) is 13.1. The molecule has 0 saturated heterocycles. The van der Waals surface area contributed by atoms with Gasteiger partial charge in [-0.1, -0.05) is 23.7 Å². The minimum absolute atomic E-state index is 0.508. The monoisotopic (exact) mass is 349 g/mol. The lowest BCUT2D eigenvalue weighted by Crippen LogP contribution is -2.01. The zero-order chi connectivity index (χ0) is 14.1. The number of hydrogen-bond acceptors (Lipinski definition) is 4. The van der Waals surface area contributed by atoms with E-state index in [2.05, 4.69) is 31.5 Å². The van der Waals surface area contributed by atoms with Gasteiger partial charge >= 0.3 is 0 Å². The van der Waals surface area contributed by atoms with Crippen molar-refractivity contribution in [3.8, 4) is 17.1 Å². The van der Waals surface area contributed by atoms with Crippen LogP contribution in [0.1, 0.15) is 0 Å². The second kappa shape index (κ2) is 5.22. The lowest BCUT2D eigenvalue weighted by molar-refractivity contribution is 0.789. The molecule has 0 amide bonds. The van der Waals surface area contributed by atoms with E-state index in [-0.39, 0.29) is 0 Å². The molecule has 2 N–H and O–H groups in total. The summed E-state index contributed by atoms with van der Waals surface area (Å²) in [5.41, 5.74) is 7.86. The molecular weight excluding hydrogens is 342 g/mol. The van der Waals surface area contributed by atoms with Crippen molar-refractivity contribution in [2.45, 2.75) is 0 Å². The van der Waals surface area contributed by atoms with Crippen molar-refractivity contribution in [3.05, 3.63) is 52.0 Å². The second-order valence-electron chi connectivity index (χ2n) is 4.10. The molecule has 100 valence electrons. The van der Waals surface area contributed by atoms with Crippen molar-refractivity contribution in [2.75, 3.05) is 5.73 Å². The van der Waals surface area contributed by atoms with Crippen molar-refractivity contribution in [2.24, 2.45) is 0 Å². The number of nitrogens with two attached hydrogens (primary N) is 1. The Labute approximate surface area is 128 Å². The molecule has 0 aliphatic heterocycles. The predicted molar refractivity (Wildman–Crippen MR) is 81.7 cm³/mol. The fourth-order valence-electron chi connectivity index (χ4n) is 1.85. The van der Waals surface area contributed by atoms with Crippen LogP contribution in [0.2, 0.25) is 5.02 Å². The average molecular weight is 351 g/mol. The first-order chi connectivity index (χ1) is 9.66. The molecule has 0 bridgehead atoms. The normalized spacial score (nSPS) is 10.7. The van der Waals surface area contributed by atoms with Gasteiger partial charge < -0.3 is 5.73 Å². The number of aromatic nitrogens is 4. The van der Waals surface area contributed by atoms with Crippen LogP contribution in [-0.4, -0.2) is 20.2 Å². The standard InChI is InChI=1S/C13H9BrClN5/c14-10-3-1-2-4-12(10)20-13(17-18-19-20)9-6-5-8(16)7-11(9)15/h1-7H,16H2. The Morgan fingerprint density at radius 1 is 1.15 bits per heavy atom. The molecule has 1 aromatic heterocycles. The lowest BCUT2D eigenvalue weighted by atomic mass is 10.2. The van der Waals surface area contributed by atoms with E-state index < -0.39 is 0 Å². The van der Waals surface area contributed by atoms with Crippen LogP contribution < -0.4 is 5.73 Å². The largest absolute Gasteiger partial charge is 0.399 e. The number of nitrogens with zero attached hydrogens (tertiary/aromatic N) is 4. The van der Waals surface area contributed by atoms with Gasteiger partial charge in [-0.3, -0.25) is 0 Å². The van der Waals surface area contributed by atoms with Gasteiger partial charge in [0.2, 0.25) is 0 Å². The molecule has 2 aromatic carbocycles. The molecule has 0 atom stereocenters. The molecule has 0 aliphatic rings. The fourth-order valence-corrected chi connectivity index (χ4v) is 2.58. The Kier molecular flexibility index (Phi) is 3.42. The maximum absolute atomic E-state index is 6.22. The molecule has 0 aliphatic carbocycles. The maximum Gasteiger partial charge on any atom is 0.188 e. The Bertz CT molecular complexity index is 771. The van der Waals surface area contributed by atoms with Crippen molar-refractivity contribution in [1.82, 2.24) is 20.2 Å². The summed E-state index contributed by atoms with van der Waals surface area (Å²) >= 11 is 9.70. The number of para-hydroxylation sites is 1. The van der Waals surface area contributed by atoms with E-state index in [0.717, 1.165) is 15.7 Å². The van der Waals surface area contributed by atoms with Crippen LogP contribution in [0.4, 0.5) is 5.69 Å². The number of anilines is 1. The van der Waals surface area contributed by atoms with Crippen LogP contribution in [0.5, 0.6) is 0 Å². The predicted octanol–water partition coefficient (Wildman–Crippen LogP) is 3.33. The molecule has 3 aromatic rings. The number of hydrogen-bond donors (Lipinski definition) is 1. The van der Waals surface area contributed by atoms with Gasteiger partial charge in [-0.15, -0.1) is 5.10 Å². The third kappa shape index (κ3) is 2.28. The summed E-state index contributed by atoms with van der Waals surface area (Å²) in [7, 11) is 0. The summed E-state index contributed by atoms with van der Waals surface area (Å²) in [5, 5.41) is 12.3. The first-order valence-corrected chi connectivity index (χ1v) is 6.92. The third-order valence-electron chi connectivity index (χ3n) is 2.78. The number of halogens is 2. The second-order valence-corrected chi connectivity index (χ2v) is 5.37. The van der Waals surface area contributed by atoms with Crippen molar-refractivity contribution in [3.63, 3.8) is 0 Å². The van der Waals surface area contributed by atoms with E-state index in [9.17, 15) is 0 Å². The summed E-state index contributed by atoms with van der Waals surface area (Å²) in [4.78, 5) is 0. The van der Waals surface area contributed by atoms with Crippen LogP contribution in [0.15, 0.2) is 46.9 Å². The van der Waals surface area contributed by atoms with Crippen molar-refractivity contribution in [1.29, 1.82) is 0 Å². The van der Waals surface area contributed by atoms with Crippen molar-refractivity contribution < 1.29 is 0 Å². The zero-order valence-electron chi connectivity index (χ0n) is 10.2. The Balaban J connectivity index is 2.18. The van der Waals surface area contributed by atoms with Crippen LogP contribution in [-0.2, 0) is 0 Å². The highest BCUT2D eigenvalue weighted by Gasteiger charge is 2.15. The highest BCUT2D eigenvalue weighted by molar-refractivity contribution is 9.10.